The van der Waals surface area contributed by atoms with Crippen LogP contribution in [0.2, 0.25) is 0 Å². The van der Waals surface area contributed by atoms with Gasteiger partial charge in [-0.1, -0.05) is 11.8 Å². The number of aromatic nitrogens is 4. The van der Waals surface area contributed by atoms with Crippen molar-refractivity contribution in [3.63, 3.8) is 0 Å². The fourth-order valence-corrected chi connectivity index (χ4v) is 1.57. The van der Waals surface area contributed by atoms with E-state index in [9.17, 15) is 4.79 Å². The number of thioether (sulfide) groups is 1. The summed E-state index contributed by atoms with van der Waals surface area (Å²) in [5.41, 5.74) is 0.742. The third-order valence-corrected chi connectivity index (χ3v) is 2.66. The van der Waals surface area contributed by atoms with Crippen LogP contribution in [0.5, 0.6) is 0 Å². The van der Waals surface area contributed by atoms with E-state index in [2.05, 4.69) is 10.1 Å². The first-order valence-corrected chi connectivity index (χ1v) is 5.33. The summed E-state index contributed by atoms with van der Waals surface area (Å²) < 4.78 is 3.16. The number of fused-ring (bicyclic) bond motifs is 1. The molecule has 0 unspecified atom stereocenters. The van der Waals surface area contributed by atoms with Gasteiger partial charge in [0.05, 0.1) is 0 Å². The molecule has 0 fully saturated rings. The molecule has 0 N–H and O–H groups in total. The number of nitrogens with zero attached hydrogens (tertiary/aromatic N) is 4. The maximum atomic E-state index is 11.5. The predicted octanol–water partition coefficient (Wildman–Crippen LogP) is 0.458. The van der Waals surface area contributed by atoms with E-state index in [0.717, 1.165) is 5.69 Å². The monoisotopic (exact) mass is 210 g/mol. The van der Waals surface area contributed by atoms with Gasteiger partial charge in [0.1, 0.15) is 0 Å². The van der Waals surface area contributed by atoms with Gasteiger partial charge < -0.3 is 4.57 Å². The largest absolute Gasteiger partial charge is 0.317 e. The van der Waals surface area contributed by atoms with Crippen molar-refractivity contribution in [2.75, 3.05) is 6.26 Å². The van der Waals surface area contributed by atoms with E-state index in [0.29, 0.717) is 10.9 Å². The van der Waals surface area contributed by atoms with Crippen molar-refractivity contribution in [3.05, 3.63) is 22.1 Å². The molecule has 2 aromatic heterocycles. The second-order valence-electron chi connectivity index (χ2n) is 2.99. The zero-order valence-electron chi connectivity index (χ0n) is 8.18. The van der Waals surface area contributed by atoms with E-state index in [4.69, 9.17) is 0 Å². The SMILES string of the molecule is CSc1nc2n(C)c(C)cc(=O)n2n1. The van der Waals surface area contributed by atoms with Gasteiger partial charge in [-0.15, -0.1) is 5.10 Å². The molecule has 0 amide bonds. The van der Waals surface area contributed by atoms with Crippen molar-refractivity contribution in [1.29, 1.82) is 0 Å². The normalized spacial score (nSPS) is 11.1. The fourth-order valence-electron chi connectivity index (χ4n) is 1.23. The maximum Gasteiger partial charge on any atom is 0.275 e. The quantitative estimate of drug-likeness (QED) is 0.642. The van der Waals surface area contributed by atoms with Crippen LogP contribution in [0.15, 0.2) is 16.0 Å². The van der Waals surface area contributed by atoms with Gasteiger partial charge in [-0.3, -0.25) is 4.79 Å². The fraction of sp³-hybridized carbons (Fsp3) is 0.375. The van der Waals surface area contributed by atoms with Crippen molar-refractivity contribution in [1.82, 2.24) is 19.2 Å². The molecular weight excluding hydrogens is 200 g/mol. The van der Waals surface area contributed by atoms with Crippen LogP contribution in [-0.2, 0) is 7.05 Å². The molecule has 0 saturated heterocycles. The summed E-state index contributed by atoms with van der Waals surface area (Å²) in [6.45, 7) is 1.87. The first kappa shape index (κ1) is 9.26. The molecule has 6 heteroatoms. The molecule has 74 valence electrons. The Kier molecular flexibility index (Phi) is 2.07. The van der Waals surface area contributed by atoms with E-state index in [1.807, 2.05) is 24.8 Å². The first-order chi connectivity index (χ1) is 6.63. The number of hydrogen-bond donors (Lipinski definition) is 0. The zero-order valence-corrected chi connectivity index (χ0v) is 9.00. The van der Waals surface area contributed by atoms with Crippen molar-refractivity contribution in [2.24, 2.45) is 7.05 Å². The molecule has 0 aliphatic carbocycles. The third kappa shape index (κ3) is 1.22. The van der Waals surface area contributed by atoms with Crippen LogP contribution in [0, 0.1) is 6.92 Å². The summed E-state index contributed by atoms with van der Waals surface area (Å²) >= 11 is 1.42. The highest BCUT2D eigenvalue weighted by atomic mass is 32.2. The summed E-state index contributed by atoms with van der Waals surface area (Å²) in [6, 6.07) is 1.55. The van der Waals surface area contributed by atoms with Gasteiger partial charge in [0.2, 0.25) is 10.9 Å². The molecule has 0 aliphatic rings. The minimum absolute atomic E-state index is 0.136. The Balaban J connectivity index is 2.91. The van der Waals surface area contributed by atoms with Crippen LogP contribution in [0.25, 0.3) is 5.78 Å². The second kappa shape index (κ2) is 3.13. The lowest BCUT2D eigenvalue weighted by Gasteiger charge is -2.02. The Labute approximate surface area is 84.8 Å². The third-order valence-electron chi connectivity index (χ3n) is 2.12. The number of hydrogen-bond acceptors (Lipinski definition) is 4. The lowest BCUT2D eigenvalue weighted by Crippen LogP contribution is -2.18. The Morgan fingerprint density at radius 1 is 1.50 bits per heavy atom. The van der Waals surface area contributed by atoms with Gasteiger partial charge in [-0.05, 0) is 13.2 Å². The molecule has 0 spiro atoms. The molecule has 0 radical (unpaired) electrons. The van der Waals surface area contributed by atoms with Crippen molar-refractivity contribution < 1.29 is 0 Å². The van der Waals surface area contributed by atoms with E-state index < -0.39 is 0 Å². The average molecular weight is 210 g/mol. The Morgan fingerprint density at radius 3 is 2.86 bits per heavy atom. The zero-order chi connectivity index (χ0) is 10.3. The molecule has 0 aromatic carbocycles. The molecule has 14 heavy (non-hydrogen) atoms. The van der Waals surface area contributed by atoms with Gasteiger partial charge in [0.15, 0.2) is 0 Å². The molecule has 2 rings (SSSR count). The summed E-state index contributed by atoms with van der Waals surface area (Å²) in [5.74, 6) is 0.583. The Morgan fingerprint density at radius 2 is 2.21 bits per heavy atom. The van der Waals surface area contributed by atoms with Gasteiger partial charge in [-0.2, -0.15) is 9.50 Å². The van der Waals surface area contributed by atoms with Crippen LogP contribution in [-0.4, -0.2) is 25.4 Å². The first-order valence-electron chi connectivity index (χ1n) is 4.11. The smallest absolute Gasteiger partial charge is 0.275 e. The Hall–Kier alpha value is -1.30. The average Bonchev–Trinajstić information content (AvgIpc) is 2.58. The molecular formula is C8H10N4OS. The number of rotatable bonds is 1. The highest BCUT2D eigenvalue weighted by molar-refractivity contribution is 7.98. The van der Waals surface area contributed by atoms with Crippen LogP contribution < -0.4 is 5.56 Å². The van der Waals surface area contributed by atoms with Crippen LogP contribution in [0.4, 0.5) is 0 Å². The molecule has 2 aromatic rings. The van der Waals surface area contributed by atoms with Crippen LogP contribution >= 0.6 is 11.8 Å². The topological polar surface area (TPSA) is 52.2 Å². The highest BCUT2D eigenvalue weighted by Crippen LogP contribution is 2.09. The van der Waals surface area contributed by atoms with E-state index in [-0.39, 0.29) is 5.56 Å². The van der Waals surface area contributed by atoms with Crippen molar-refractivity contribution in [2.45, 2.75) is 12.1 Å². The van der Waals surface area contributed by atoms with Crippen LogP contribution in [0.1, 0.15) is 5.69 Å². The minimum Gasteiger partial charge on any atom is -0.317 e. The Bertz CT molecular complexity index is 542. The molecule has 2 heterocycles. The van der Waals surface area contributed by atoms with Crippen molar-refractivity contribution in [3.8, 4) is 0 Å². The standard InChI is InChI=1S/C8H10N4OS/c1-5-4-6(13)12-8(11(5)2)9-7(10-12)14-3/h4H,1-3H3. The van der Waals surface area contributed by atoms with Gasteiger partial charge >= 0.3 is 0 Å². The lowest BCUT2D eigenvalue weighted by molar-refractivity contribution is 0.784. The minimum atomic E-state index is -0.136. The summed E-state index contributed by atoms with van der Waals surface area (Å²) in [6.07, 6.45) is 1.88. The van der Waals surface area contributed by atoms with Crippen molar-refractivity contribution >= 4 is 17.5 Å². The van der Waals surface area contributed by atoms with Crippen LogP contribution in [0.3, 0.4) is 0 Å². The van der Waals surface area contributed by atoms with E-state index in [1.165, 1.54) is 16.3 Å². The van der Waals surface area contributed by atoms with Gasteiger partial charge in [0.25, 0.3) is 5.56 Å². The molecule has 0 bridgehead atoms. The lowest BCUT2D eigenvalue weighted by atomic mass is 10.4. The number of aryl methyl sites for hydroxylation is 2. The summed E-state index contributed by atoms with van der Waals surface area (Å²) in [7, 11) is 1.86. The molecule has 0 aliphatic heterocycles. The highest BCUT2D eigenvalue weighted by Gasteiger charge is 2.08. The van der Waals surface area contributed by atoms with Gasteiger partial charge in [0, 0.05) is 18.8 Å². The van der Waals surface area contributed by atoms with E-state index >= 15 is 0 Å². The second-order valence-corrected chi connectivity index (χ2v) is 3.77. The summed E-state index contributed by atoms with van der Waals surface area (Å²) in [5, 5.41) is 4.68. The molecule has 0 atom stereocenters. The molecule has 5 nitrogen and oxygen atoms in total. The maximum absolute atomic E-state index is 11.5. The molecule has 0 saturated carbocycles. The summed E-state index contributed by atoms with van der Waals surface area (Å²) in [4.78, 5) is 15.7. The van der Waals surface area contributed by atoms with E-state index in [1.54, 1.807) is 6.07 Å². The predicted molar refractivity (Wildman–Crippen MR) is 54.7 cm³/mol. The van der Waals surface area contributed by atoms with Gasteiger partial charge in [-0.25, -0.2) is 0 Å².